The molecule has 1 aliphatic rings. The van der Waals surface area contributed by atoms with Gasteiger partial charge < -0.3 is 10.4 Å². The van der Waals surface area contributed by atoms with E-state index in [4.69, 9.17) is 11.6 Å². The Morgan fingerprint density at radius 3 is 2.49 bits per heavy atom. The van der Waals surface area contributed by atoms with Gasteiger partial charge in [-0.2, -0.15) is 18.4 Å². The van der Waals surface area contributed by atoms with Crippen LogP contribution in [0.2, 0.25) is 5.02 Å². The van der Waals surface area contributed by atoms with Gasteiger partial charge >= 0.3 is 6.18 Å². The molecular formula is C29H20ClF3N2O2S2. The molecular weight excluding hydrogens is 565 g/mol. The highest BCUT2D eigenvalue weighted by molar-refractivity contribution is 8.02. The molecule has 2 heterocycles. The van der Waals surface area contributed by atoms with E-state index in [1.54, 1.807) is 17.5 Å². The fraction of sp³-hybridized carbons (Fsp3) is 0.172. The van der Waals surface area contributed by atoms with Crippen LogP contribution in [0.25, 0.3) is 10.8 Å². The highest BCUT2D eigenvalue weighted by Gasteiger charge is 2.66. The van der Waals surface area contributed by atoms with Crippen LogP contribution in [0, 0.1) is 17.2 Å². The van der Waals surface area contributed by atoms with E-state index in [2.05, 4.69) is 5.32 Å². The van der Waals surface area contributed by atoms with Crippen molar-refractivity contribution in [3.8, 4) is 6.07 Å². The molecule has 0 bridgehead atoms. The average molecular weight is 585 g/mol. The number of carbonyl (C=O) groups is 1. The van der Waals surface area contributed by atoms with Crippen LogP contribution >= 0.6 is 34.7 Å². The molecule has 198 valence electrons. The van der Waals surface area contributed by atoms with Crippen LogP contribution in [-0.2, 0) is 5.75 Å². The highest BCUT2D eigenvalue weighted by Crippen LogP contribution is 2.52. The molecule has 10 heteroatoms. The number of fused-ring (bicyclic) bond motifs is 1. The number of Topliss-reactive ketones (excluding diaryl/α,β-unsaturated/α-hetero) is 1. The number of hydrogen-bond acceptors (Lipinski definition) is 6. The first kappa shape index (κ1) is 27.3. The largest absolute Gasteiger partial charge is 0.437 e. The number of nitriles is 1. The minimum Gasteiger partial charge on any atom is -0.363 e. The van der Waals surface area contributed by atoms with E-state index in [-0.39, 0.29) is 31.8 Å². The third-order valence-corrected chi connectivity index (χ3v) is 9.03. The van der Waals surface area contributed by atoms with Crippen molar-refractivity contribution in [2.75, 3.05) is 0 Å². The molecule has 1 aromatic heterocycles. The van der Waals surface area contributed by atoms with Crippen LogP contribution < -0.4 is 5.32 Å². The third-order valence-electron chi connectivity index (χ3n) is 6.73. The van der Waals surface area contributed by atoms with Crippen LogP contribution in [0.1, 0.15) is 26.7 Å². The summed E-state index contributed by atoms with van der Waals surface area (Å²) in [4.78, 5) is 13.7. The number of nitrogens with zero attached hydrogens (tertiary/aromatic N) is 1. The summed E-state index contributed by atoms with van der Waals surface area (Å²) < 4.78 is 44.2. The first-order valence-corrected chi connectivity index (χ1v) is 14.0. The van der Waals surface area contributed by atoms with E-state index >= 15 is 0 Å². The molecule has 4 nitrogen and oxygen atoms in total. The van der Waals surface area contributed by atoms with Gasteiger partial charge in [0.2, 0.25) is 5.72 Å². The number of thioether (sulfide) groups is 1. The molecule has 0 amide bonds. The molecule has 3 atom stereocenters. The first-order valence-electron chi connectivity index (χ1n) is 11.8. The smallest absolute Gasteiger partial charge is 0.363 e. The lowest BCUT2D eigenvalue weighted by atomic mass is 9.70. The first-order chi connectivity index (χ1) is 18.7. The van der Waals surface area contributed by atoms with Crippen LogP contribution in [0.3, 0.4) is 0 Å². The molecule has 4 aromatic rings. The Kier molecular flexibility index (Phi) is 7.49. The third kappa shape index (κ3) is 4.94. The standard InChI is InChI=1S/C29H20ClF3N2O2S2/c30-22-12-4-3-11-20(22)24-21(15-34)27(39-16-18-9-5-8-17-7-1-2-10-19(17)18)35-28(37,29(31,32)33)25(24)26(36)23-13-6-14-38-23/h1-14,24-25,35,37H,16H2/t24-,25-,28+/m0/s1. The Morgan fingerprint density at radius 1 is 1.08 bits per heavy atom. The number of ketones is 1. The van der Waals surface area contributed by atoms with Gasteiger partial charge in [0.1, 0.15) is 0 Å². The van der Waals surface area contributed by atoms with E-state index in [1.165, 1.54) is 24.3 Å². The summed E-state index contributed by atoms with van der Waals surface area (Å²) in [6, 6.07) is 24.3. The summed E-state index contributed by atoms with van der Waals surface area (Å²) in [6.07, 6.45) is -5.27. The lowest BCUT2D eigenvalue weighted by molar-refractivity contribution is -0.285. The van der Waals surface area contributed by atoms with Crippen LogP contribution in [0.5, 0.6) is 0 Å². The van der Waals surface area contributed by atoms with Crippen molar-refractivity contribution in [1.29, 1.82) is 5.26 Å². The van der Waals surface area contributed by atoms with Crippen molar-refractivity contribution in [1.82, 2.24) is 5.32 Å². The maximum Gasteiger partial charge on any atom is 0.437 e. The minimum atomic E-state index is -5.27. The predicted octanol–water partition coefficient (Wildman–Crippen LogP) is 7.66. The molecule has 3 aromatic carbocycles. The predicted molar refractivity (Wildman–Crippen MR) is 148 cm³/mol. The molecule has 0 aliphatic carbocycles. The lowest BCUT2D eigenvalue weighted by Gasteiger charge is -2.45. The number of hydrogen-bond donors (Lipinski definition) is 2. The number of halogens is 4. The summed E-state index contributed by atoms with van der Waals surface area (Å²) in [5.41, 5.74) is -2.78. The van der Waals surface area contributed by atoms with E-state index in [1.807, 2.05) is 48.5 Å². The Bertz CT molecular complexity index is 1610. The number of carbonyl (C=O) groups excluding carboxylic acids is 1. The maximum absolute atomic E-state index is 14.7. The number of rotatable bonds is 6. The second kappa shape index (κ2) is 10.7. The molecule has 0 unspecified atom stereocenters. The van der Waals surface area contributed by atoms with E-state index < -0.39 is 29.5 Å². The minimum absolute atomic E-state index is 0.0330. The molecule has 0 spiro atoms. The average Bonchev–Trinajstić information content (AvgIpc) is 3.46. The second-order valence-electron chi connectivity index (χ2n) is 8.99. The van der Waals surface area contributed by atoms with Crippen molar-refractivity contribution in [3.05, 3.63) is 116 Å². The second-order valence-corrected chi connectivity index (χ2v) is 11.3. The van der Waals surface area contributed by atoms with Gasteiger partial charge in [0.05, 0.1) is 27.5 Å². The van der Waals surface area contributed by atoms with Crippen LogP contribution in [-0.4, -0.2) is 22.8 Å². The molecule has 0 saturated heterocycles. The van der Waals surface area contributed by atoms with Gasteiger partial charge in [-0.05, 0) is 39.4 Å². The molecule has 39 heavy (non-hydrogen) atoms. The molecule has 0 fully saturated rings. The number of thiophene rings is 1. The number of alkyl halides is 3. The van der Waals surface area contributed by atoms with Gasteiger partial charge in [0.25, 0.3) is 0 Å². The molecule has 0 saturated carbocycles. The Labute approximate surface area is 235 Å². The summed E-state index contributed by atoms with van der Waals surface area (Å²) in [5, 5.41) is 27.2. The van der Waals surface area contributed by atoms with Crippen LogP contribution in [0.4, 0.5) is 13.2 Å². The Morgan fingerprint density at radius 2 is 1.79 bits per heavy atom. The Balaban J connectivity index is 1.68. The number of allylic oxidation sites excluding steroid dienone is 1. The number of benzene rings is 3. The van der Waals surface area contributed by atoms with Crippen LogP contribution in [0.15, 0.2) is 94.8 Å². The van der Waals surface area contributed by atoms with Crippen molar-refractivity contribution in [2.24, 2.45) is 5.92 Å². The van der Waals surface area contributed by atoms with E-state index in [9.17, 15) is 28.3 Å². The van der Waals surface area contributed by atoms with Crippen molar-refractivity contribution in [2.45, 2.75) is 23.6 Å². The van der Waals surface area contributed by atoms with Crippen molar-refractivity contribution in [3.63, 3.8) is 0 Å². The summed E-state index contributed by atoms with van der Waals surface area (Å²) in [6.45, 7) is 0. The Hall–Kier alpha value is -3.29. The zero-order chi connectivity index (χ0) is 27.8. The quantitative estimate of drug-likeness (QED) is 0.228. The van der Waals surface area contributed by atoms with Crippen molar-refractivity contribution >= 4 is 51.3 Å². The normalized spacial score (nSPS) is 21.4. The molecule has 1 aliphatic heterocycles. The summed E-state index contributed by atoms with van der Waals surface area (Å²) in [5.74, 6) is -4.29. The topological polar surface area (TPSA) is 73.1 Å². The number of nitrogens with one attached hydrogen (secondary N) is 1. The van der Waals surface area contributed by atoms with Crippen molar-refractivity contribution < 1.29 is 23.1 Å². The van der Waals surface area contributed by atoms with Gasteiger partial charge in [-0.1, -0.05) is 78.3 Å². The summed E-state index contributed by atoms with van der Waals surface area (Å²) >= 11 is 8.37. The monoisotopic (exact) mass is 584 g/mol. The fourth-order valence-corrected chi connectivity index (χ4v) is 6.96. The van der Waals surface area contributed by atoms with Gasteiger partial charge in [-0.15, -0.1) is 23.1 Å². The SMILES string of the molecule is N#CC1=C(SCc2cccc3ccccc23)N[C@](O)(C(F)(F)F)[C@H](C(=O)c2cccs2)[C@H]1c1ccccc1Cl. The highest BCUT2D eigenvalue weighted by atomic mass is 35.5. The molecule has 5 rings (SSSR count). The maximum atomic E-state index is 14.7. The van der Waals surface area contributed by atoms with Gasteiger partial charge in [-0.3, -0.25) is 4.79 Å². The van der Waals surface area contributed by atoms with Gasteiger partial charge in [0, 0.05) is 16.7 Å². The zero-order valence-corrected chi connectivity index (χ0v) is 22.5. The van der Waals surface area contributed by atoms with Gasteiger partial charge in [-0.25, -0.2) is 0 Å². The lowest BCUT2D eigenvalue weighted by Crippen LogP contribution is -2.66. The van der Waals surface area contributed by atoms with E-state index in [0.29, 0.717) is 0 Å². The van der Waals surface area contributed by atoms with Gasteiger partial charge in [0.15, 0.2) is 5.78 Å². The summed E-state index contributed by atoms with van der Waals surface area (Å²) in [7, 11) is 0. The molecule has 2 N–H and O–H groups in total. The molecule has 0 radical (unpaired) electrons. The number of aliphatic hydroxyl groups is 1. The fourth-order valence-electron chi connectivity index (χ4n) is 4.89. The zero-order valence-electron chi connectivity index (χ0n) is 20.1. The van der Waals surface area contributed by atoms with E-state index in [0.717, 1.165) is 39.4 Å².